The van der Waals surface area contributed by atoms with Crippen LogP contribution in [0.25, 0.3) is 0 Å². The number of rotatable bonds is 6. The number of ether oxygens (including phenoxy) is 1. The molecule has 2 aromatic rings. The molecule has 0 radical (unpaired) electrons. The van der Waals surface area contributed by atoms with E-state index in [-0.39, 0.29) is 23.4 Å². The second-order valence-electron chi connectivity index (χ2n) is 6.66. The van der Waals surface area contributed by atoms with E-state index in [2.05, 4.69) is 22.8 Å². The quantitative estimate of drug-likeness (QED) is 0.599. The average Bonchev–Trinajstić information content (AvgIpc) is 2.68. The van der Waals surface area contributed by atoms with E-state index in [9.17, 15) is 14.9 Å². The van der Waals surface area contributed by atoms with E-state index in [0.29, 0.717) is 5.69 Å². The molecule has 7 nitrogen and oxygen atoms in total. The standard InChI is InChI=1S/C20H23N3O4/c1-13(21-17-9-5-7-14-6-3-4-8-16(14)17)20(24)22-18-11-10-15(23(25)26)12-19(18)27-2/h3-4,6,8,10-13,17,21H,5,7,9H2,1-2H3,(H,22,24)/t13-,17+/m0/s1. The third-order valence-electron chi connectivity index (χ3n) is 4.87. The lowest BCUT2D eigenvalue weighted by molar-refractivity contribution is -0.384. The summed E-state index contributed by atoms with van der Waals surface area (Å²) >= 11 is 0. The molecule has 0 aliphatic heterocycles. The van der Waals surface area contributed by atoms with E-state index in [1.54, 1.807) is 0 Å². The number of non-ortho nitro benzene ring substituents is 1. The van der Waals surface area contributed by atoms with Gasteiger partial charge in [0.15, 0.2) is 0 Å². The second-order valence-corrected chi connectivity index (χ2v) is 6.66. The summed E-state index contributed by atoms with van der Waals surface area (Å²) in [6.45, 7) is 1.81. The monoisotopic (exact) mass is 369 g/mol. The van der Waals surface area contributed by atoms with Gasteiger partial charge in [0.25, 0.3) is 5.69 Å². The maximum Gasteiger partial charge on any atom is 0.273 e. The summed E-state index contributed by atoms with van der Waals surface area (Å²) in [6.07, 6.45) is 3.13. The van der Waals surface area contributed by atoms with E-state index < -0.39 is 11.0 Å². The zero-order valence-corrected chi connectivity index (χ0v) is 15.4. The Morgan fingerprint density at radius 2 is 2.07 bits per heavy atom. The Hall–Kier alpha value is -2.93. The Morgan fingerprint density at radius 3 is 2.81 bits per heavy atom. The highest BCUT2D eigenvalue weighted by atomic mass is 16.6. The van der Waals surface area contributed by atoms with Gasteiger partial charge in [-0.05, 0) is 43.4 Å². The number of nitro groups is 1. The van der Waals surface area contributed by atoms with Gasteiger partial charge >= 0.3 is 0 Å². The highest BCUT2D eigenvalue weighted by molar-refractivity contribution is 5.96. The maximum absolute atomic E-state index is 12.6. The number of nitro benzene ring substituents is 1. The molecule has 1 amide bonds. The minimum absolute atomic E-state index is 0.0881. The van der Waals surface area contributed by atoms with Gasteiger partial charge in [0.05, 0.1) is 29.8 Å². The van der Waals surface area contributed by atoms with Crippen molar-refractivity contribution in [3.05, 3.63) is 63.7 Å². The molecule has 3 rings (SSSR count). The molecule has 2 N–H and O–H groups in total. The van der Waals surface area contributed by atoms with Crippen LogP contribution in [0.2, 0.25) is 0 Å². The number of carbonyl (C=O) groups excluding carboxylic acids is 1. The summed E-state index contributed by atoms with van der Waals surface area (Å²) in [4.78, 5) is 23.0. The van der Waals surface area contributed by atoms with E-state index in [4.69, 9.17) is 4.74 Å². The number of benzene rings is 2. The minimum Gasteiger partial charge on any atom is -0.494 e. The minimum atomic E-state index is -0.501. The van der Waals surface area contributed by atoms with E-state index in [0.717, 1.165) is 19.3 Å². The highest BCUT2D eigenvalue weighted by Crippen LogP contribution is 2.31. The first-order valence-corrected chi connectivity index (χ1v) is 8.96. The van der Waals surface area contributed by atoms with Crippen LogP contribution in [0.3, 0.4) is 0 Å². The maximum atomic E-state index is 12.6. The normalized spacial score (nSPS) is 16.9. The van der Waals surface area contributed by atoms with Gasteiger partial charge in [-0.15, -0.1) is 0 Å². The molecule has 0 aromatic heterocycles. The van der Waals surface area contributed by atoms with E-state index in [1.165, 1.54) is 36.4 Å². The molecule has 27 heavy (non-hydrogen) atoms. The number of aryl methyl sites for hydroxylation is 1. The van der Waals surface area contributed by atoms with Crippen molar-refractivity contribution in [2.75, 3.05) is 12.4 Å². The van der Waals surface area contributed by atoms with Crippen LogP contribution in [0.1, 0.15) is 36.9 Å². The molecule has 0 spiro atoms. The lowest BCUT2D eigenvalue weighted by atomic mass is 9.87. The predicted molar refractivity (Wildman–Crippen MR) is 103 cm³/mol. The number of nitrogens with zero attached hydrogens (tertiary/aromatic N) is 1. The zero-order valence-electron chi connectivity index (χ0n) is 15.4. The Morgan fingerprint density at radius 1 is 1.30 bits per heavy atom. The summed E-state index contributed by atoms with van der Waals surface area (Å²) in [6, 6.07) is 12.1. The van der Waals surface area contributed by atoms with Gasteiger partial charge in [-0.3, -0.25) is 20.2 Å². The Labute approximate surface area is 157 Å². The summed E-state index contributed by atoms with van der Waals surface area (Å²) in [5.74, 6) is 0.0398. The van der Waals surface area contributed by atoms with Crippen molar-refractivity contribution in [3.8, 4) is 5.75 Å². The second kappa shape index (κ2) is 8.18. The van der Waals surface area contributed by atoms with Crippen molar-refractivity contribution in [2.24, 2.45) is 0 Å². The van der Waals surface area contributed by atoms with Crippen LogP contribution in [0.4, 0.5) is 11.4 Å². The SMILES string of the molecule is COc1cc([N+](=O)[O-])ccc1NC(=O)[C@H](C)N[C@@H]1CCCc2ccccc21. The van der Waals surface area contributed by atoms with Gasteiger partial charge in [-0.25, -0.2) is 0 Å². The molecule has 1 aliphatic carbocycles. The molecular weight excluding hydrogens is 346 g/mol. The molecule has 0 unspecified atom stereocenters. The molecule has 2 aromatic carbocycles. The number of fused-ring (bicyclic) bond motifs is 1. The van der Waals surface area contributed by atoms with Crippen molar-refractivity contribution in [3.63, 3.8) is 0 Å². The topological polar surface area (TPSA) is 93.5 Å². The van der Waals surface area contributed by atoms with Crippen molar-refractivity contribution in [1.29, 1.82) is 0 Å². The number of hydrogen-bond donors (Lipinski definition) is 2. The van der Waals surface area contributed by atoms with Crippen LogP contribution in [0, 0.1) is 10.1 Å². The molecule has 0 heterocycles. The number of nitrogens with one attached hydrogen (secondary N) is 2. The lowest BCUT2D eigenvalue weighted by Crippen LogP contribution is -2.41. The molecule has 0 bridgehead atoms. The summed E-state index contributed by atoms with van der Waals surface area (Å²) in [5.41, 5.74) is 2.89. The van der Waals surface area contributed by atoms with Gasteiger partial charge in [-0.2, -0.15) is 0 Å². The number of amides is 1. The molecule has 7 heteroatoms. The number of methoxy groups -OCH3 is 1. The van der Waals surface area contributed by atoms with E-state index >= 15 is 0 Å². The number of carbonyl (C=O) groups is 1. The van der Waals surface area contributed by atoms with Gasteiger partial charge < -0.3 is 10.1 Å². The first kappa shape index (κ1) is 18.8. The van der Waals surface area contributed by atoms with Gasteiger partial charge in [0.1, 0.15) is 5.75 Å². The van der Waals surface area contributed by atoms with Crippen LogP contribution in [0.15, 0.2) is 42.5 Å². The van der Waals surface area contributed by atoms with Gasteiger partial charge in [0.2, 0.25) is 5.91 Å². The average molecular weight is 369 g/mol. The molecular formula is C20H23N3O4. The van der Waals surface area contributed by atoms with Crippen LogP contribution in [0.5, 0.6) is 5.75 Å². The molecule has 0 saturated carbocycles. The fourth-order valence-corrected chi connectivity index (χ4v) is 3.44. The third kappa shape index (κ3) is 4.25. The predicted octanol–water partition coefficient (Wildman–Crippen LogP) is 3.60. The first-order valence-electron chi connectivity index (χ1n) is 8.96. The van der Waals surface area contributed by atoms with Crippen molar-refractivity contribution < 1.29 is 14.5 Å². The van der Waals surface area contributed by atoms with Crippen molar-refractivity contribution >= 4 is 17.3 Å². The smallest absolute Gasteiger partial charge is 0.273 e. The molecule has 1 aliphatic rings. The van der Waals surface area contributed by atoms with Crippen molar-refractivity contribution in [2.45, 2.75) is 38.3 Å². The Balaban J connectivity index is 1.69. The lowest BCUT2D eigenvalue weighted by Gasteiger charge is -2.29. The van der Waals surface area contributed by atoms with E-state index in [1.807, 2.05) is 19.1 Å². The number of hydrogen-bond acceptors (Lipinski definition) is 5. The summed E-state index contributed by atoms with van der Waals surface area (Å²) < 4.78 is 5.17. The Bertz CT molecular complexity index is 853. The zero-order chi connectivity index (χ0) is 19.4. The fourth-order valence-electron chi connectivity index (χ4n) is 3.44. The summed E-state index contributed by atoms with van der Waals surface area (Å²) in [7, 11) is 1.41. The molecule has 142 valence electrons. The first-order chi connectivity index (χ1) is 13.0. The fraction of sp³-hybridized carbons (Fsp3) is 0.350. The van der Waals surface area contributed by atoms with Crippen LogP contribution in [-0.4, -0.2) is 24.0 Å². The highest BCUT2D eigenvalue weighted by Gasteiger charge is 2.24. The van der Waals surface area contributed by atoms with Gasteiger partial charge in [0, 0.05) is 12.1 Å². The number of anilines is 1. The molecule has 0 saturated heterocycles. The van der Waals surface area contributed by atoms with Crippen LogP contribution < -0.4 is 15.4 Å². The van der Waals surface area contributed by atoms with Crippen LogP contribution >= 0.6 is 0 Å². The Kier molecular flexibility index (Phi) is 5.71. The van der Waals surface area contributed by atoms with Gasteiger partial charge in [-0.1, -0.05) is 24.3 Å². The van der Waals surface area contributed by atoms with Crippen molar-refractivity contribution in [1.82, 2.24) is 5.32 Å². The van der Waals surface area contributed by atoms with Crippen LogP contribution in [-0.2, 0) is 11.2 Å². The third-order valence-corrected chi connectivity index (χ3v) is 4.87. The molecule has 0 fully saturated rings. The largest absolute Gasteiger partial charge is 0.494 e. The molecule has 2 atom stereocenters. The summed E-state index contributed by atoms with van der Waals surface area (Å²) in [5, 5.41) is 17.1.